The second-order valence-electron chi connectivity index (χ2n) is 6.13. The Morgan fingerprint density at radius 2 is 1.85 bits per heavy atom. The lowest BCUT2D eigenvalue weighted by molar-refractivity contribution is -0.131. The summed E-state index contributed by atoms with van der Waals surface area (Å²) in [6.07, 6.45) is 0.543. The van der Waals surface area contributed by atoms with Gasteiger partial charge in [0.05, 0.1) is 0 Å². The lowest BCUT2D eigenvalue weighted by Gasteiger charge is -2.29. The summed E-state index contributed by atoms with van der Waals surface area (Å²) in [6.45, 7) is 7.53. The molecule has 114 valence electrons. The molecule has 0 aliphatic rings. The maximum Gasteiger partial charge on any atom is 0.222 e. The summed E-state index contributed by atoms with van der Waals surface area (Å²) in [4.78, 5) is 14.0. The normalized spacial score (nSPS) is 12.4. The smallest absolute Gasteiger partial charge is 0.222 e. The summed E-state index contributed by atoms with van der Waals surface area (Å²) < 4.78 is 0. The molecule has 0 spiro atoms. The van der Waals surface area contributed by atoms with Gasteiger partial charge in [-0.25, -0.2) is 0 Å². The quantitative estimate of drug-likeness (QED) is 0.877. The molecule has 1 rings (SSSR count). The number of carbonyl (C=O) groups is 1. The largest absolute Gasteiger partial charge is 0.345 e. The third kappa shape index (κ3) is 5.93. The van der Waals surface area contributed by atoms with Crippen molar-refractivity contribution in [3.8, 4) is 0 Å². The minimum Gasteiger partial charge on any atom is -0.345 e. The summed E-state index contributed by atoms with van der Waals surface area (Å²) in [5.74, 6) is 0.426. The van der Waals surface area contributed by atoms with Gasteiger partial charge in [0.1, 0.15) is 0 Å². The van der Waals surface area contributed by atoms with Gasteiger partial charge in [-0.2, -0.15) is 0 Å². The molecule has 1 aromatic rings. The van der Waals surface area contributed by atoms with Crippen molar-refractivity contribution in [1.29, 1.82) is 0 Å². The van der Waals surface area contributed by atoms with E-state index in [4.69, 9.17) is 5.73 Å². The van der Waals surface area contributed by atoms with Gasteiger partial charge in [-0.05, 0) is 23.4 Å². The van der Waals surface area contributed by atoms with Gasteiger partial charge in [-0.1, -0.05) is 51.1 Å². The first-order chi connectivity index (χ1) is 8.85. The van der Waals surface area contributed by atoms with Crippen LogP contribution in [0.3, 0.4) is 0 Å². The number of halogens is 1. The highest BCUT2D eigenvalue weighted by Gasteiger charge is 2.22. The Kier molecular flexibility index (Phi) is 7.84. The number of hydrogen-bond acceptors (Lipinski definition) is 2. The number of nitrogens with zero attached hydrogens (tertiary/aromatic N) is 1. The fourth-order valence-corrected chi connectivity index (χ4v) is 2.11. The predicted octanol–water partition coefficient (Wildman–Crippen LogP) is 3.05. The van der Waals surface area contributed by atoms with E-state index in [9.17, 15) is 4.79 Å². The molecule has 0 heterocycles. The average molecular weight is 299 g/mol. The zero-order valence-electron chi connectivity index (χ0n) is 12.9. The molecule has 0 radical (unpaired) electrons. The van der Waals surface area contributed by atoms with Crippen LogP contribution in [-0.2, 0) is 4.79 Å². The van der Waals surface area contributed by atoms with Crippen LogP contribution in [0, 0.1) is 5.41 Å². The molecule has 20 heavy (non-hydrogen) atoms. The summed E-state index contributed by atoms with van der Waals surface area (Å²) >= 11 is 0. The van der Waals surface area contributed by atoms with E-state index < -0.39 is 0 Å². The third-order valence-electron chi connectivity index (χ3n) is 3.49. The van der Waals surface area contributed by atoms with Gasteiger partial charge >= 0.3 is 0 Å². The molecule has 0 bridgehead atoms. The standard InChI is InChI=1S/C16H26N2O.ClH/c1-13(14-8-6-5-7-9-14)10-15(19)18(4)12-16(2,3)11-17;/h5-9,13H,10-12,17H2,1-4H3;1H. The van der Waals surface area contributed by atoms with Crippen molar-refractivity contribution in [2.75, 3.05) is 20.1 Å². The third-order valence-corrected chi connectivity index (χ3v) is 3.49. The van der Waals surface area contributed by atoms with Crippen molar-refractivity contribution in [1.82, 2.24) is 4.90 Å². The van der Waals surface area contributed by atoms with Crippen LogP contribution >= 0.6 is 12.4 Å². The van der Waals surface area contributed by atoms with Gasteiger partial charge in [0.15, 0.2) is 0 Å². The van der Waals surface area contributed by atoms with E-state index in [2.05, 4.69) is 32.9 Å². The zero-order chi connectivity index (χ0) is 14.5. The van der Waals surface area contributed by atoms with E-state index in [-0.39, 0.29) is 29.6 Å². The molecule has 4 heteroatoms. The van der Waals surface area contributed by atoms with Crippen molar-refractivity contribution >= 4 is 18.3 Å². The predicted molar refractivity (Wildman–Crippen MR) is 87.2 cm³/mol. The van der Waals surface area contributed by atoms with E-state index in [1.54, 1.807) is 4.90 Å². The topological polar surface area (TPSA) is 46.3 Å². The Balaban J connectivity index is 0.00000361. The minimum absolute atomic E-state index is 0. The number of carbonyl (C=O) groups excluding carboxylic acids is 1. The maximum absolute atomic E-state index is 12.2. The number of amides is 1. The van der Waals surface area contributed by atoms with Gasteiger partial charge in [-0.3, -0.25) is 4.79 Å². The van der Waals surface area contributed by atoms with E-state index in [1.165, 1.54) is 5.56 Å². The number of hydrogen-bond donors (Lipinski definition) is 1. The highest BCUT2D eigenvalue weighted by molar-refractivity contribution is 5.85. The van der Waals surface area contributed by atoms with E-state index in [0.29, 0.717) is 19.5 Å². The highest BCUT2D eigenvalue weighted by Crippen LogP contribution is 2.21. The lowest BCUT2D eigenvalue weighted by atomic mass is 9.92. The SMILES string of the molecule is CC(CC(=O)N(C)CC(C)(C)CN)c1ccccc1.Cl. The molecule has 0 aliphatic carbocycles. The molecule has 0 saturated carbocycles. The second kappa shape index (κ2) is 8.28. The van der Waals surface area contributed by atoms with Crippen LogP contribution in [-0.4, -0.2) is 30.9 Å². The first-order valence-corrected chi connectivity index (χ1v) is 6.85. The maximum atomic E-state index is 12.2. The monoisotopic (exact) mass is 298 g/mol. The number of nitrogens with two attached hydrogens (primary N) is 1. The molecule has 0 fully saturated rings. The Morgan fingerprint density at radius 1 is 1.30 bits per heavy atom. The molecule has 1 atom stereocenters. The van der Waals surface area contributed by atoms with Gasteiger partial charge in [-0.15, -0.1) is 12.4 Å². The molecule has 1 amide bonds. The molecule has 0 aromatic heterocycles. The second-order valence-corrected chi connectivity index (χ2v) is 6.13. The fourth-order valence-electron chi connectivity index (χ4n) is 2.11. The molecular formula is C16H27ClN2O. The fraction of sp³-hybridized carbons (Fsp3) is 0.562. The average Bonchev–Trinajstić information content (AvgIpc) is 2.39. The van der Waals surface area contributed by atoms with Crippen molar-refractivity contribution in [3.05, 3.63) is 35.9 Å². The van der Waals surface area contributed by atoms with Crippen LogP contribution < -0.4 is 5.73 Å². The lowest BCUT2D eigenvalue weighted by Crippen LogP contribution is -2.40. The Labute approximate surface area is 128 Å². The van der Waals surface area contributed by atoms with Crippen LogP contribution in [0.1, 0.15) is 38.7 Å². The summed E-state index contributed by atoms with van der Waals surface area (Å²) in [7, 11) is 1.86. The summed E-state index contributed by atoms with van der Waals surface area (Å²) in [5.41, 5.74) is 6.89. The van der Waals surface area contributed by atoms with E-state index in [1.807, 2.05) is 25.2 Å². The van der Waals surface area contributed by atoms with Crippen LogP contribution in [0.15, 0.2) is 30.3 Å². The van der Waals surface area contributed by atoms with Crippen molar-refractivity contribution < 1.29 is 4.79 Å². The summed E-state index contributed by atoms with van der Waals surface area (Å²) in [6, 6.07) is 10.2. The Morgan fingerprint density at radius 3 is 2.35 bits per heavy atom. The van der Waals surface area contributed by atoms with Gasteiger partial charge in [0.2, 0.25) is 5.91 Å². The molecule has 1 unspecified atom stereocenters. The molecule has 0 saturated heterocycles. The minimum atomic E-state index is -0.0274. The molecule has 1 aromatic carbocycles. The number of benzene rings is 1. The zero-order valence-corrected chi connectivity index (χ0v) is 13.7. The van der Waals surface area contributed by atoms with Gasteiger partial charge < -0.3 is 10.6 Å². The van der Waals surface area contributed by atoms with E-state index in [0.717, 1.165) is 0 Å². The molecule has 0 aliphatic heterocycles. The van der Waals surface area contributed by atoms with Gasteiger partial charge in [0.25, 0.3) is 0 Å². The van der Waals surface area contributed by atoms with Crippen LogP contribution in [0.2, 0.25) is 0 Å². The van der Waals surface area contributed by atoms with E-state index >= 15 is 0 Å². The van der Waals surface area contributed by atoms with Crippen LogP contribution in [0.4, 0.5) is 0 Å². The molecular weight excluding hydrogens is 272 g/mol. The number of rotatable bonds is 6. The molecule has 3 nitrogen and oxygen atoms in total. The van der Waals surface area contributed by atoms with Crippen molar-refractivity contribution in [3.63, 3.8) is 0 Å². The highest BCUT2D eigenvalue weighted by atomic mass is 35.5. The Bertz CT molecular complexity index is 406. The Hall–Kier alpha value is -1.06. The van der Waals surface area contributed by atoms with Crippen molar-refractivity contribution in [2.24, 2.45) is 11.1 Å². The van der Waals surface area contributed by atoms with Crippen molar-refractivity contribution in [2.45, 2.75) is 33.1 Å². The van der Waals surface area contributed by atoms with Crippen LogP contribution in [0.5, 0.6) is 0 Å². The van der Waals surface area contributed by atoms with Crippen LogP contribution in [0.25, 0.3) is 0 Å². The molecule has 2 N–H and O–H groups in total. The summed E-state index contributed by atoms with van der Waals surface area (Å²) in [5, 5.41) is 0. The first-order valence-electron chi connectivity index (χ1n) is 6.85. The first kappa shape index (κ1) is 18.9. The van der Waals surface area contributed by atoms with Gasteiger partial charge in [0, 0.05) is 20.0 Å².